The van der Waals surface area contributed by atoms with Crippen molar-refractivity contribution >= 4 is 29.6 Å². The molecule has 0 radical (unpaired) electrons. The summed E-state index contributed by atoms with van der Waals surface area (Å²) in [5.74, 6) is -0.0312. The number of ether oxygens (including phenoxy) is 2. The first-order valence-electron chi connectivity index (χ1n) is 10.8. The van der Waals surface area contributed by atoms with Crippen LogP contribution in [0.15, 0.2) is 48.0 Å². The monoisotopic (exact) mass is 457 g/mol. The highest BCUT2D eigenvalue weighted by Crippen LogP contribution is 2.35. The second-order valence-electron chi connectivity index (χ2n) is 8.43. The average Bonchev–Trinajstić information content (AvgIpc) is 3.36. The van der Waals surface area contributed by atoms with E-state index in [0.717, 1.165) is 33.1 Å². The molecule has 2 aliphatic heterocycles. The lowest BCUT2D eigenvalue weighted by atomic mass is 10.1. The van der Waals surface area contributed by atoms with Gasteiger partial charge in [-0.1, -0.05) is 6.07 Å². The molecule has 0 saturated carbocycles. The Labute approximate surface area is 196 Å². The zero-order valence-electron chi connectivity index (χ0n) is 19.3. The van der Waals surface area contributed by atoms with E-state index in [9.17, 15) is 14.4 Å². The normalized spacial score (nSPS) is 16.4. The molecule has 1 saturated heterocycles. The summed E-state index contributed by atoms with van der Waals surface area (Å²) >= 11 is 0. The Kier molecular flexibility index (Phi) is 5.01. The number of nitrogens with zero attached hydrogens (tertiary/aromatic N) is 2. The summed E-state index contributed by atoms with van der Waals surface area (Å²) in [6.45, 7) is 7.88. The van der Waals surface area contributed by atoms with Crippen LogP contribution in [0.1, 0.15) is 28.1 Å². The van der Waals surface area contributed by atoms with Crippen molar-refractivity contribution in [1.82, 2.24) is 9.88 Å². The van der Waals surface area contributed by atoms with E-state index >= 15 is 0 Å². The van der Waals surface area contributed by atoms with Gasteiger partial charge < -0.3 is 14.0 Å². The molecule has 0 bridgehead atoms. The third-order valence-electron chi connectivity index (χ3n) is 6.23. The number of rotatable bonds is 3. The SMILES string of the molecule is Cc1ccc(N2C(=O)NC(=O)/C(=C\c3cc(C)n(-c4ccc5c(c4)OCO5)c3C)C2=O)cc1C. The van der Waals surface area contributed by atoms with E-state index in [4.69, 9.17) is 9.47 Å². The predicted octanol–water partition coefficient (Wildman–Crippen LogP) is 4.11. The van der Waals surface area contributed by atoms with Gasteiger partial charge in [-0.15, -0.1) is 0 Å². The lowest BCUT2D eigenvalue weighted by Gasteiger charge is -2.26. The smallest absolute Gasteiger partial charge is 0.335 e. The number of hydrogen-bond donors (Lipinski definition) is 1. The van der Waals surface area contributed by atoms with Crippen LogP contribution in [0.4, 0.5) is 10.5 Å². The molecule has 34 heavy (non-hydrogen) atoms. The van der Waals surface area contributed by atoms with Gasteiger partial charge in [-0.25, -0.2) is 9.69 Å². The van der Waals surface area contributed by atoms with Crippen molar-refractivity contribution in [3.63, 3.8) is 0 Å². The van der Waals surface area contributed by atoms with Crippen molar-refractivity contribution in [2.24, 2.45) is 0 Å². The quantitative estimate of drug-likeness (QED) is 0.472. The van der Waals surface area contributed by atoms with Gasteiger partial charge in [0, 0.05) is 23.1 Å². The van der Waals surface area contributed by atoms with Gasteiger partial charge in [0.2, 0.25) is 6.79 Å². The standard InChI is InChI=1S/C26H23N3O5/c1-14-5-6-19(9-15(14)2)29-25(31)21(24(30)27-26(29)32)11-18-10-16(3)28(17(18)4)20-7-8-22-23(12-20)34-13-33-22/h5-12H,13H2,1-4H3,(H,27,30,32)/b21-11+. The number of carbonyl (C=O) groups excluding carboxylic acids is 3. The fourth-order valence-corrected chi connectivity index (χ4v) is 4.27. The number of anilines is 1. The molecule has 1 aromatic heterocycles. The number of hydrogen-bond acceptors (Lipinski definition) is 5. The number of imide groups is 2. The van der Waals surface area contributed by atoms with Crippen LogP contribution < -0.4 is 19.7 Å². The van der Waals surface area contributed by atoms with Crippen molar-refractivity contribution in [3.8, 4) is 17.2 Å². The summed E-state index contributed by atoms with van der Waals surface area (Å²) in [6.07, 6.45) is 1.53. The van der Waals surface area contributed by atoms with Crippen molar-refractivity contribution in [2.45, 2.75) is 27.7 Å². The molecule has 4 amide bonds. The molecular formula is C26H23N3O5. The van der Waals surface area contributed by atoms with Gasteiger partial charge in [-0.05, 0) is 80.8 Å². The Balaban J connectivity index is 1.54. The van der Waals surface area contributed by atoms with Crippen molar-refractivity contribution in [3.05, 3.63) is 76.1 Å². The number of aromatic nitrogens is 1. The van der Waals surface area contributed by atoms with Gasteiger partial charge in [0.1, 0.15) is 5.57 Å². The molecule has 1 fully saturated rings. The molecule has 5 rings (SSSR count). The van der Waals surface area contributed by atoms with E-state index in [1.807, 2.05) is 62.6 Å². The summed E-state index contributed by atoms with van der Waals surface area (Å²) in [5.41, 5.74) is 5.59. The van der Waals surface area contributed by atoms with E-state index in [2.05, 4.69) is 5.32 Å². The number of aryl methyl sites for hydroxylation is 3. The van der Waals surface area contributed by atoms with Crippen LogP contribution in [0.2, 0.25) is 0 Å². The molecule has 1 N–H and O–H groups in total. The third-order valence-corrected chi connectivity index (χ3v) is 6.23. The first-order valence-corrected chi connectivity index (χ1v) is 10.8. The Morgan fingerprint density at radius 1 is 0.853 bits per heavy atom. The number of benzene rings is 2. The molecule has 172 valence electrons. The highest BCUT2D eigenvalue weighted by molar-refractivity contribution is 6.39. The Morgan fingerprint density at radius 3 is 2.35 bits per heavy atom. The van der Waals surface area contributed by atoms with Gasteiger partial charge in [-0.2, -0.15) is 0 Å². The van der Waals surface area contributed by atoms with E-state index in [0.29, 0.717) is 22.7 Å². The lowest BCUT2D eigenvalue weighted by Crippen LogP contribution is -2.54. The second kappa shape index (κ2) is 7.91. The van der Waals surface area contributed by atoms with Gasteiger partial charge >= 0.3 is 6.03 Å². The molecule has 0 aliphatic carbocycles. The van der Waals surface area contributed by atoms with Crippen molar-refractivity contribution in [1.29, 1.82) is 0 Å². The summed E-state index contributed by atoms with van der Waals surface area (Å²) in [4.78, 5) is 39.4. The summed E-state index contributed by atoms with van der Waals surface area (Å²) in [6, 6.07) is 12.1. The van der Waals surface area contributed by atoms with E-state index in [-0.39, 0.29) is 12.4 Å². The fourth-order valence-electron chi connectivity index (χ4n) is 4.27. The third kappa shape index (κ3) is 3.44. The molecule has 3 heterocycles. The minimum absolute atomic E-state index is 0.108. The number of barbiturate groups is 1. The first kappa shape index (κ1) is 21.5. The molecule has 2 aromatic carbocycles. The minimum Gasteiger partial charge on any atom is -0.454 e. The van der Waals surface area contributed by atoms with Gasteiger partial charge in [0.25, 0.3) is 11.8 Å². The summed E-state index contributed by atoms with van der Waals surface area (Å²) < 4.78 is 12.9. The number of nitrogens with one attached hydrogen (secondary N) is 1. The Morgan fingerprint density at radius 2 is 1.59 bits per heavy atom. The van der Waals surface area contributed by atoms with Crippen molar-refractivity contribution in [2.75, 3.05) is 11.7 Å². The second-order valence-corrected chi connectivity index (χ2v) is 8.43. The van der Waals surface area contributed by atoms with Crippen LogP contribution in [-0.4, -0.2) is 29.2 Å². The zero-order valence-corrected chi connectivity index (χ0v) is 19.3. The van der Waals surface area contributed by atoms with E-state index < -0.39 is 17.8 Å². The lowest BCUT2D eigenvalue weighted by molar-refractivity contribution is -0.122. The first-order chi connectivity index (χ1) is 16.2. The maximum absolute atomic E-state index is 13.3. The number of amides is 4. The van der Waals surface area contributed by atoms with Gasteiger partial charge in [0.15, 0.2) is 11.5 Å². The minimum atomic E-state index is -0.763. The van der Waals surface area contributed by atoms with Crippen LogP contribution in [-0.2, 0) is 9.59 Å². The molecule has 3 aromatic rings. The zero-order chi connectivity index (χ0) is 24.1. The van der Waals surface area contributed by atoms with Crippen LogP contribution in [0.5, 0.6) is 11.5 Å². The Bertz CT molecular complexity index is 1420. The Hall–Kier alpha value is -4.33. The molecule has 8 nitrogen and oxygen atoms in total. The highest BCUT2D eigenvalue weighted by atomic mass is 16.7. The maximum Gasteiger partial charge on any atom is 0.335 e. The maximum atomic E-state index is 13.3. The van der Waals surface area contributed by atoms with Crippen LogP contribution in [0.3, 0.4) is 0 Å². The molecule has 0 spiro atoms. The molecule has 8 heteroatoms. The van der Waals surface area contributed by atoms with Crippen LogP contribution in [0, 0.1) is 27.7 Å². The van der Waals surface area contributed by atoms with Crippen LogP contribution in [0.25, 0.3) is 11.8 Å². The van der Waals surface area contributed by atoms with E-state index in [1.165, 1.54) is 6.08 Å². The van der Waals surface area contributed by atoms with Gasteiger partial charge in [-0.3, -0.25) is 14.9 Å². The largest absolute Gasteiger partial charge is 0.454 e. The predicted molar refractivity (Wildman–Crippen MR) is 126 cm³/mol. The highest BCUT2D eigenvalue weighted by Gasteiger charge is 2.37. The molecular weight excluding hydrogens is 434 g/mol. The molecule has 2 aliphatic rings. The molecule has 0 atom stereocenters. The van der Waals surface area contributed by atoms with Crippen LogP contribution >= 0.6 is 0 Å². The fraction of sp³-hybridized carbons (Fsp3) is 0.192. The van der Waals surface area contributed by atoms with Gasteiger partial charge in [0.05, 0.1) is 5.69 Å². The molecule has 0 unspecified atom stereocenters. The summed E-state index contributed by atoms with van der Waals surface area (Å²) in [7, 11) is 0. The van der Waals surface area contributed by atoms with Crippen molar-refractivity contribution < 1.29 is 23.9 Å². The van der Waals surface area contributed by atoms with E-state index in [1.54, 1.807) is 12.1 Å². The average molecular weight is 457 g/mol. The number of carbonyl (C=O) groups is 3. The number of fused-ring (bicyclic) bond motifs is 1. The topological polar surface area (TPSA) is 89.9 Å². The summed E-state index contributed by atoms with van der Waals surface area (Å²) in [5, 5.41) is 2.29. The number of urea groups is 1.